The van der Waals surface area contributed by atoms with Gasteiger partial charge in [-0.05, 0) is 13.0 Å². The molecule has 2 heteroatoms. The van der Waals surface area contributed by atoms with Crippen LogP contribution >= 0.6 is 0 Å². The van der Waals surface area contributed by atoms with E-state index < -0.39 is 0 Å². The molecular formula is C12H15NO. The van der Waals surface area contributed by atoms with E-state index in [0.717, 1.165) is 5.56 Å². The molecule has 1 rings (SSSR count). The smallest absolute Gasteiger partial charge is 0.166 e. The van der Waals surface area contributed by atoms with E-state index in [1.54, 1.807) is 0 Å². The first-order valence-corrected chi connectivity index (χ1v) is 4.74. The number of nitrogens with zero attached hydrogens (tertiary/aromatic N) is 1. The Morgan fingerprint density at radius 3 is 2.86 bits per heavy atom. The quantitative estimate of drug-likeness (QED) is 0.528. The topological polar surface area (TPSA) is 22.0 Å². The second-order valence-corrected chi connectivity index (χ2v) is 3.52. The van der Waals surface area contributed by atoms with E-state index >= 15 is 0 Å². The number of carbonyl (C=O) groups is 1. The lowest BCUT2D eigenvalue weighted by atomic mass is 10.0. The summed E-state index contributed by atoms with van der Waals surface area (Å²) >= 11 is 0. The van der Waals surface area contributed by atoms with Gasteiger partial charge in [0, 0.05) is 23.9 Å². The fraction of sp³-hybridized carbons (Fsp3) is 0.417. The van der Waals surface area contributed by atoms with Gasteiger partial charge in [-0.3, -0.25) is 4.79 Å². The molecule has 0 bridgehead atoms. The Labute approximate surface area is 84.9 Å². The summed E-state index contributed by atoms with van der Waals surface area (Å²) in [4.78, 5) is 11.6. The van der Waals surface area contributed by atoms with Crippen LogP contribution in [0.2, 0.25) is 0 Å². The van der Waals surface area contributed by atoms with Gasteiger partial charge in [0.05, 0.1) is 6.54 Å². The summed E-state index contributed by atoms with van der Waals surface area (Å²) in [5.74, 6) is 6.02. The lowest BCUT2D eigenvalue weighted by molar-refractivity contribution is 0.0939. The monoisotopic (exact) mass is 189 g/mol. The van der Waals surface area contributed by atoms with Gasteiger partial charge in [-0.1, -0.05) is 19.8 Å². The van der Waals surface area contributed by atoms with Crippen molar-refractivity contribution in [3.8, 4) is 11.8 Å². The highest BCUT2D eigenvalue weighted by Crippen LogP contribution is 2.08. The molecule has 0 saturated carbocycles. The van der Waals surface area contributed by atoms with Gasteiger partial charge in [0.25, 0.3) is 0 Å². The molecule has 0 aliphatic carbocycles. The Balaban J connectivity index is 2.76. The molecule has 1 heterocycles. The Kier molecular flexibility index (Phi) is 3.53. The van der Waals surface area contributed by atoms with Crippen LogP contribution in [-0.2, 0) is 6.54 Å². The van der Waals surface area contributed by atoms with E-state index in [4.69, 9.17) is 0 Å². The van der Waals surface area contributed by atoms with Gasteiger partial charge in [-0.25, -0.2) is 0 Å². The van der Waals surface area contributed by atoms with Crippen LogP contribution in [0.4, 0.5) is 0 Å². The van der Waals surface area contributed by atoms with Crippen molar-refractivity contribution in [2.45, 2.75) is 27.3 Å². The average molecular weight is 189 g/mol. The standard InChI is InChI=1S/C12H15NO/c1-4-5-7-13-8-6-11(9-13)12(14)10(2)3/h6,8-10H,7H2,1-3H3. The van der Waals surface area contributed by atoms with Crippen LogP contribution < -0.4 is 0 Å². The Bertz CT molecular complexity index is 377. The van der Waals surface area contributed by atoms with Crippen molar-refractivity contribution in [3.05, 3.63) is 24.0 Å². The number of carbonyl (C=O) groups excluding carboxylic acids is 1. The van der Waals surface area contributed by atoms with Crippen molar-refractivity contribution in [1.29, 1.82) is 0 Å². The minimum atomic E-state index is 0.0584. The minimum Gasteiger partial charge on any atom is -0.342 e. The fourth-order valence-electron chi connectivity index (χ4n) is 1.19. The highest BCUT2D eigenvalue weighted by molar-refractivity contribution is 5.97. The average Bonchev–Trinajstić information content (AvgIpc) is 2.61. The number of ketones is 1. The third kappa shape index (κ3) is 2.50. The first-order valence-electron chi connectivity index (χ1n) is 4.74. The predicted molar refractivity (Wildman–Crippen MR) is 57.1 cm³/mol. The number of hydrogen-bond acceptors (Lipinski definition) is 1. The molecule has 1 aromatic rings. The molecule has 0 saturated heterocycles. The maximum atomic E-state index is 11.6. The van der Waals surface area contributed by atoms with Crippen LogP contribution in [0.1, 0.15) is 31.1 Å². The van der Waals surface area contributed by atoms with Crippen LogP contribution in [-0.4, -0.2) is 10.4 Å². The van der Waals surface area contributed by atoms with E-state index in [9.17, 15) is 4.79 Å². The summed E-state index contributed by atoms with van der Waals surface area (Å²) in [7, 11) is 0. The third-order valence-corrected chi connectivity index (χ3v) is 2.00. The normalized spacial score (nSPS) is 9.71. The van der Waals surface area contributed by atoms with Gasteiger partial charge in [0.2, 0.25) is 0 Å². The van der Waals surface area contributed by atoms with Gasteiger partial charge >= 0.3 is 0 Å². The van der Waals surface area contributed by atoms with Crippen molar-refractivity contribution < 1.29 is 4.79 Å². The molecule has 0 N–H and O–H groups in total. The molecule has 0 atom stereocenters. The highest BCUT2D eigenvalue weighted by Gasteiger charge is 2.10. The van der Waals surface area contributed by atoms with Gasteiger partial charge in [0.1, 0.15) is 0 Å². The van der Waals surface area contributed by atoms with Crippen LogP contribution in [0, 0.1) is 17.8 Å². The zero-order chi connectivity index (χ0) is 10.6. The van der Waals surface area contributed by atoms with E-state index in [0.29, 0.717) is 6.54 Å². The largest absolute Gasteiger partial charge is 0.342 e. The molecule has 0 unspecified atom stereocenters. The van der Waals surface area contributed by atoms with Crippen LogP contribution in [0.3, 0.4) is 0 Å². The number of rotatable bonds is 3. The second kappa shape index (κ2) is 4.66. The molecule has 0 aliphatic heterocycles. The molecule has 14 heavy (non-hydrogen) atoms. The number of aromatic nitrogens is 1. The highest BCUT2D eigenvalue weighted by atomic mass is 16.1. The van der Waals surface area contributed by atoms with Crippen LogP contribution in [0.25, 0.3) is 0 Å². The van der Waals surface area contributed by atoms with Crippen molar-refractivity contribution in [2.24, 2.45) is 5.92 Å². The molecule has 0 spiro atoms. The molecule has 1 aromatic heterocycles. The Morgan fingerprint density at radius 2 is 2.29 bits per heavy atom. The van der Waals surface area contributed by atoms with Gasteiger partial charge in [0.15, 0.2) is 5.78 Å². The zero-order valence-corrected chi connectivity index (χ0v) is 8.87. The maximum Gasteiger partial charge on any atom is 0.166 e. The van der Waals surface area contributed by atoms with Gasteiger partial charge < -0.3 is 4.57 Å². The van der Waals surface area contributed by atoms with Crippen molar-refractivity contribution in [2.75, 3.05) is 0 Å². The number of hydrogen-bond donors (Lipinski definition) is 0. The molecular weight excluding hydrogens is 174 g/mol. The first-order chi connectivity index (χ1) is 6.65. The molecule has 74 valence electrons. The fourth-order valence-corrected chi connectivity index (χ4v) is 1.19. The SMILES string of the molecule is CC#CCn1ccc(C(=O)C(C)C)c1. The number of Topliss-reactive ketones (excluding diaryl/α,β-unsaturated/α-hetero) is 1. The van der Waals surface area contributed by atoms with Crippen LogP contribution in [0.5, 0.6) is 0 Å². The summed E-state index contributed by atoms with van der Waals surface area (Å²) in [5.41, 5.74) is 0.776. The summed E-state index contributed by atoms with van der Waals surface area (Å²) in [6, 6.07) is 1.85. The van der Waals surface area contributed by atoms with Crippen molar-refractivity contribution >= 4 is 5.78 Å². The molecule has 0 fully saturated rings. The lowest BCUT2D eigenvalue weighted by Gasteiger charge is -1.99. The predicted octanol–water partition coefficient (Wildman–Crippen LogP) is 2.35. The summed E-state index contributed by atoms with van der Waals surface area (Å²) in [5, 5.41) is 0. The molecule has 0 aromatic carbocycles. The molecule has 0 aliphatic rings. The summed E-state index contributed by atoms with van der Waals surface area (Å²) in [6.07, 6.45) is 3.74. The Morgan fingerprint density at radius 1 is 1.57 bits per heavy atom. The lowest BCUT2D eigenvalue weighted by Crippen LogP contribution is -2.06. The zero-order valence-electron chi connectivity index (χ0n) is 8.87. The van der Waals surface area contributed by atoms with Crippen LogP contribution in [0.15, 0.2) is 18.5 Å². The maximum absolute atomic E-state index is 11.6. The van der Waals surface area contributed by atoms with Gasteiger partial charge in [-0.2, -0.15) is 0 Å². The van der Waals surface area contributed by atoms with Crippen molar-refractivity contribution in [1.82, 2.24) is 4.57 Å². The molecule has 0 radical (unpaired) electrons. The summed E-state index contributed by atoms with van der Waals surface area (Å²) in [6.45, 7) is 6.28. The van der Waals surface area contributed by atoms with E-state index in [1.807, 2.05) is 43.8 Å². The molecule has 0 amide bonds. The van der Waals surface area contributed by atoms with Crippen molar-refractivity contribution in [3.63, 3.8) is 0 Å². The second-order valence-electron chi connectivity index (χ2n) is 3.52. The van der Waals surface area contributed by atoms with E-state index in [-0.39, 0.29) is 11.7 Å². The van der Waals surface area contributed by atoms with E-state index in [1.165, 1.54) is 0 Å². The summed E-state index contributed by atoms with van der Waals surface area (Å²) < 4.78 is 1.92. The minimum absolute atomic E-state index is 0.0584. The Hall–Kier alpha value is -1.49. The first kappa shape index (κ1) is 10.6. The third-order valence-electron chi connectivity index (χ3n) is 2.00. The van der Waals surface area contributed by atoms with E-state index in [2.05, 4.69) is 11.8 Å². The van der Waals surface area contributed by atoms with Gasteiger partial charge in [-0.15, -0.1) is 5.92 Å². The molecule has 2 nitrogen and oxygen atoms in total.